The van der Waals surface area contributed by atoms with E-state index in [1.807, 2.05) is 42.5 Å². The van der Waals surface area contributed by atoms with Crippen molar-refractivity contribution in [1.82, 2.24) is 9.78 Å². The molecule has 7 heteroatoms. The van der Waals surface area contributed by atoms with Gasteiger partial charge in [0, 0.05) is 9.86 Å². The van der Waals surface area contributed by atoms with E-state index in [1.54, 1.807) is 4.68 Å². The van der Waals surface area contributed by atoms with E-state index in [1.165, 1.54) is 0 Å². The average molecular weight is 461 g/mol. The van der Waals surface area contributed by atoms with E-state index in [0.717, 1.165) is 21.2 Å². The van der Waals surface area contributed by atoms with Gasteiger partial charge < -0.3 is 9.53 Å². The fraction of sp³-hybridized carbons (Fsp3) is 0.333. The number of halogens is 1. The Kier molecular flexibility index (Phi) is 5.53. The molecule has 0 atom stereocenters. The first-order valence-corrected chi connectivity index (χ1v) is 12.8. The topological polar surface area (TPSA) is 64.3 Å². The van der Waals surface area contributed by atoms with Crippen LogP contribution in [0.4, 0.5) is 0 Å². The van der Waals surface area contributed by atoms with E-state index in [0.29, 0.717) is 12.0 Å². The van der Waals surface area contributed by atoms with Gasteiger partial charge in [-0.2, -0.15) is 5.10 Å². The summed E-state index contributed by atoms with van der Waals surface area (Å²) in [6.45, 7) is 11.5. The Hall–Kier alpha value is -1.96. The third-order valence-electron chi connectivity index (χ3n) is 5.41. The standard InChI is InChI=1S/C21H25BrN2O3Si/c1-21(2,3)28(4,5)27-13-14-9-10-18-17(11-14)19(20(25)26)23-24(18)16-8-6-7-15(22)12-16/h6-12H,13H2,1-5H3,(H,25,26). The molecule has 0 aliphatic carbocycles. The lowest BCUT2D eigenvalue weighted by Gasteiger charge is -2.36. The minimum Gasteiger partial charge on any atom is -0.476 e. The van der Waals surface area contributed by atoms with Crippen LogP contribution in [0, 0.1) is 0 Å². The zero-order chi connectivity index (χ0) is 20.7. The monoisotopic (exact) mass is 460 g/mol. The highest BCUT2D eigenvalue weighted by Gasteiger charge is 2.37. The summed E-state index contributed by atoms with van der Waals surface area (Å²) in [7, 11) is -1.89. The molecular weight excluding hydrogens is 436 g/mol. The van der Waals surface area contributed by atoms with E-state index in [-0.39, 0.29) is 10.7 Å². The first-order chi connectivity index (χ1) is 13.0. The molecule has 1 N–H and O–H groups in total. The van der Waals surface area contributed by atoms with E-state index in [4.69, 9.17) is 4.43 Å². The number of hydrogen-bond donors (Lipinski definition) is 1. The molecule has 148 valence electrons. The van der Waals surface area contributed by atoms with Crippen molar-refractivity contribution in [3.05, 3.63) is 58.2 Å². The zero-order valence-electron chi connectivity index (χ0n) is 16.8. The van der Waals surface area contributed by atoms with Gasteiger partial charge >= 0.3 is 5.97 Å². The fourth-order valence-corrected chi connectivity index (χ4v) is 4.05. The number of aromatic nitrogens is 2. The number of rotatable bonds is 5. The maximum atomic E-state index is 11.8. The van der Waals surface area contributed by atoms with Crippen LogP contribution in [0.5, 0.6) is 0 Å². The molecule has 0 unspecified atom stereocenters. The molecule has 28 heavy (non-hydrogen) atoms. The number of fused-ring (bicyclic) bond motifs is 1. The molecule has 3 aromatic rings. The zero-order valence-corrected chi connectivity index (χ0v) is 19.4. The van der Waals surface area contributed by atoms with Crippen molar-refractivity contribution in [3.8, 4) is 5.69 Å². The molecule has 1 heterocycles. The van der Waals surface area contributed by atoms with E-state index in [9.17, 15) is 9.90 Å². The number of carboxylic acid groups (broad SMARTS) is 1. The van der Waals surface area contributed by atoms with Gasteiger partial charge in [-0.25, -0.2) is 9.48 Å². The van der Waals surface area contributed by atoms with Gasteiger partial charge in [0.15, 0.2) is 14.0 Å². The molecule has 0 fully saturated rings. The predicted molar refractivity (Wildman–Crippen MR) is 118 cm³/mol. The number of carbonyl (C=O) groups is 1. The van der Waals surface area contributed by atoms with Gasteiger partial charge in [0.05, 0.1) is 17.8 Å². The molecule has 0 spiro atoms. The first-order valence-electron chi connectivity index (χ1n) is 9.14. The molecule has 0 saturated heterocycles. The van der Waals surface area contributed by atoms with Crippen molar-refractivity contribution in [2.75, 3.05) is 0 Å². The Balaban J connectivity index is 2.02. The molecule has 2 aromatic carbocycles. The predicted octanol–water partition coefficient (Wildman–Crippen LogP) is 6.01. The quantitative estimate of drug-likeness (QED) is 0.473. The number of aromatic carboxylic acids is 1. The fourth-order valence-electron chi connectivity index (χ4n) is 2.70. The highest BCUT2D eigenvalue weighted by atomic mass is 79.9. The summed E-state index contributed by atoms with van der Waals surface area (Å²) in [5, 5.41) is 14.7. The normalized spacial score (nSPS) is 12.5. The average Bonchev–Trinajstić information content (AvgIpc) is 2.98. The summed E-state index contributed by atoms with van der Waals surface area (Å²) in [5.41, 5.74) is 2.56. The lowest BCUT2D eigenvalue weighted by Crippen LogP contribution is -2.40. The maximum absolute atomic E-state index is 11.8. The number of carboxylic acids is 1. The SMILES string of the molecule is CC(C)(C)[Si](C)(C)OCc1ccc2c(c1)c(C(=O)O)nn2-c1cccc(Br)c1. The first kappa shape index (κ1) is 20.8. The van der Waals surface area contributed by atoms with Crippen LogP contribution in [0.3, 0.4) is 0 Å². The van der Waals surface area contributed by atoms with Crippen LogP contribution in [0.2, 0.25) is 18.1 Å². The second kappa shape index (κ2) is 7.46. The molecule has 0 radical (unpaired) electrons. The Bertz CT molecular complexity index is 1040. The number of benzene rings is 2. The Morgan fingerprint density at radius 2 is 1.93 bits per heavy atom. The highest BCUT2D eigenvalue weighted by Crippen LogP contribution is 2.37. The van der Waals surface area contributed by atoms with Gasteiger partial charge in [-0.3, -0.25) is 0 Å². The summed E-state index contributed by atoms with van der Waals surface area (Å²) in [4.78, 5) is 11.8. The van der Waals surface area contributed by atoms with Crippen molar-refractivity contribution in [2.24, 2.45) is 0 Å². The van der Waals surface area contributed by atoms with Gasteiger partial charge in [0.1, 0.15) is 0 Å². The molecule has 0 aliphatic rings. The van der Waals surface area contributed by atoms with Crippen LogP contribution in [0.25, 0.3) is 16.6 Å². The summed E-state index contributed by atoms with van der Waals surface area (Å²) < 4.78 is 8.87. The molecule has 0 aliphatic heterocycles. The van der Waals surface area contributed by atoms with Gasteiger partial charge in [-0.15, -0.1) is 0 Å². The van der Waals surface area contributed by atoms with Crippen LogP contribution in [-0.2, 0) is 11.0 Å². The largest absolute Gasteiger partial charge is 0.476 e. The molecule has 0 amide bonds. The molecule has 3 rings (SSSR count). The van der Waals surface area contributed by atoms with Crippen LogP contribution in [0.15, 0.2) is 46.9 Å². The van der Waals surface area contributed by atoms with Crippen LogP contribution in [-0.4, -0.2) is 29.2 Å². The molecular formula is C21H25BrN2O3Si. The van der Waals surface area contributed by atoms with Crippen molar-refractivity contribution < 1.29 is 14.3 Å². The lowest BCUT2D eigenvalue weighted by atomic mass is 10.1. The van der Waals surface area contributed by atoms with Crippen molar-refractivity contribution in [2.45, 2.75) is 45.5 Å². The third-order valence-corrected chi connectivity index (χ3v) is 10.4. The third kappa shape index (κ3) is 4.06. The molecule has 0 saturated carbocycles. The number of hydrogen-bond acceptors (Lipinski definition) is 3. The number of nitrogens with zero attached hydrogens (tertiary/aromatic N) is 2. The van der Waals surface area contributed by atoms with E-state index >= 15 is 0 Å². The lowest BCUT2D eigenvalue weighted by molar-refractivity contribution is 0.0692. The summed E-state index contributed by atoms with van der Waals surface area (Å²) in [5.74, 6) is -1.04. The van der Waals surface area contributed by atoms with Crippen LogP contribution in [0.1, 0.15) is 36.8 Å². The summed E-state index contributed by atoms with van der Waals surface area (Å²) in [6, 6.07) is 13.4. The smallest absolute Gasteiger partial charge is 0.357 e. The van der Waals surface area contributed by atoms with Gasteiger partial charge in [0.2, 0.25) is 0 Å². The van der Waals surface area contributed by atoms with Crippen molar-refractivity contribution >= 4 is 41.1 Å². The molecule has 1 aromatic heterocycles. The van der Waals surface area contributed by atoms with E-state index in [2.05, 4.69) is 54.9 Å². The maximum Gasteiger partial charge on any atom is 0.357 e. The van der Waals surface area contributed by atoms with Gasteiger partial charge in [-0.1, -0.05) is 48.8 Å². The second-order valence-electron chi connectivity index (χ2n) is 8.45. The van der Waals surface area contributed by atoms with Gasteiger partial charge in [0.25, 0.3) is 0 Å². The van der Waals surface area contributed by atoms with Crippen LogP contribution < -0.4 is 0 Å². The molecule has 0 bridgehead atoms. The van der Waals surface area contributed by atoms with E-state index < -0.39 is 14.3 Å². The Morgan fingerprint density at radius 1 is 1.21 bits per heavy atom. The van der Waals surface area contributed by atoms with Gasteiger partial charge in [-0.05, 0) is 54.0 Å². The Morgan fingerprint density at radius 3 is 2.54 bits per heavy atom. The highest BCUT2D eigenvalue weighted by molar-refractivity contribution is 9.10. The minimum absolute atomic E-state index is 0.0455. The summed E-state index contributed by atoms with van der Waals surface area (Å²) in [6.07, 6.45) is 0. The van der Waals surface area contributed by atoms with Crippen molar-refractivity contribution in [1.29, 1.82) is 0 Å². The second-order valence-corrected chi connectivity index (χ2v) is 14.2. The van der Waals surface area contributed by atoms with Crippen molar-refractivity contribution in [3.63, 3.8) is 0 Å². The van der Waals surface area contributed by atoms with Crippen LogP contribution >= 0.6 is 15.9 Å². The molecule has 5 nitrogen and oxygen atoms in total. The minimum atomic E-state index is -1.89. The summed E-state index contributed by atoms with van der Waals surface area (Å²) >= 11 is 3.46. The Labute approximate surface area is 174 Å².